The van der Waals surface area contributed by atoms with E-state index in [0.29, 0.717) is 0 Å². The van der Waals surface area contributed by atoms with Crippen molar-refractivity contribution in [2.24, 2.45) is 9.98 Å². The molecule has 0 N–H and O–H groups in total. The molecule has 1 heterocycles. The van der Waals surface area contributed by atoms with Crippen molar-refractivity contribution >= 4 is 24.2 Å². The maximum atomic E-state index is 13.0. The second-order valence-corrected chi connectivity index (χ2v) is 4.97. The van der Waals surface area contributed by atoms with E-state index in [2.05, 4.69) is 16.7 Å². The van der Waals surface area contributed by atoms with Crippen LogP contribution in [0.5, 0.6) is 0 Å². The summed E-state index contributed by atoms with van der Waals surface area (Å²) in [5.41, 5.74) is 3.37. The summed E-state index contributed by atoms with van der Waals surface area (Å²) in [5.74, 6) is 0.526. The molecule has 0 bridgehead atoms. The minimum absolute atomic E-state index is 0.241. The molecule has 0 spiro atoms. The molecule has 1 aliphatic rings. The molecular weight excluding hydrogens is 271 g/mol. The van der Waals surface area contributed by atoms with Gasteiger partial charge in [0.1, 0.15) is 5.82 Å². The van der Waals surface area contributed by atoms with Crippen LogP contribution in [-0.4, -0.2) is 18.2 Å². The second kappa shape index (κ2) is 7.01. The van der Waals surface area contributed by atoms with Gasteiger partial charge in [-0.25, -0.2) is 9.38 Å². The third-order valence-corrected chi connectivity index (χ3v) is 3.56. The minimum atomic E-state index is -0.241. The predicted molar refractivity (Wildman–Crippen MR) is 85.9 cm³/mol. The van der Waals surface area contributed by atoms with Gasteiger partial charge in [-0.15, -0.1) is 11.8 Å². The van der Waals surface area contributed by atoms with Crippen molar-refractivity contribution in [2.75, 3.05) is 5.75 Å². The summed E-state index contributed by atoms with van der Waals surface area (Å²) in [4.78, 5) is 8.61. The summed E-state index contributed by atoms with van der Waals surface area (Å²) < 4.78 is 13.0. The van der Waals surface area contributed by atoms with Crippen LogP contribution in [0.15, 0.2) is 69.3 Å². The molecule has 0 amide bonds. The summed E-state index contributed by atoms with van der Waals surface area (Å²) in [6.07, 6.45) is 5.69. The number of aliphatic imine (C=N–C) groups is 2. The van der Waals surface area contributed by atoms with Gasteiger partial charge in [-0.1, -0.05) is 24.3 Å². The summed E-state index contributed by atoms with van der Waals surface area (Å²) in [5, 5.41) is 1.97. The van der Waals surface area contributed by atoms with Gasteiger partial charge in [-0.05, 0) is 42.8 Å². The molecule has 0 saturated carbocycles. The quantitative estimate of drug-likeness (QED) is 0.596. The van der Waals surface area contributed by atoms with E-state index in [1.54, 1.807) is 23.9 Å². The van der Waals surface area contributed by atoms with Crippen molar-refractivity contribution in [3.63, 3.8) is 0 Å². The van der Waals surface area contributed by atoms with E-state index in [1.165, 1.54) is 12.1 Å². The second-order valence-electron chi connectivity index (χ2n) is 4.12. The van der Waals surface area contributed by atoms with Gasteiger partial charge in [0, 0.05) is 5.75 Å². The predicted octanol–water partition coefficient (Wildman–Crippen LogP) is 4.36. The zero-order chi connectivity index (χ0) is 14.4. The van der Waals surface area contributed by atoms with Gasteiger partial charge in [0.15, 0.2) is 0 Å². The Hall–Kier alpha value is -1.94. The first kappa shape index (κ1) is 14.5. The van der Waals surface area contributed by atoms with E-state index >= 15 is 0 Å². The number of halogens is 1. The third-order valence-electron chi connectivity index (χ3n) is 2.73. The highest BCUT2D eigenvalue weighted by molar-refractivity contribution is 8.02. The van der Waals surface area contributed by atoms with E-state index in [4.69, 9.17) is 0 Å². The highest BCUT2D eigenvalue weighted by Gasteiger charge is 2.12. The third kappa shape index (κ3) is 3.54. The van der Waals surface area contributed by atoms with Crippen LogP contribution in [-0.2, 0) is 0 Å². The molecule has 2 rings (SSSR count). The van der Waals surface area contributed by atoms with Gasteiger partial charge in [-0.3, -0.25) is 4.99 Å². The molecular formula is C16H15FN2S. The van der Waals surface area contributed by atoms with Crippen molar-refractivity contribution in [3.8, 4) is 0 Å². The fourth-order valence-electron chi connectivity index (χ4n) is 1.72. The molecule has 0 atom stereocenters. The number of allylic oxidation sites excluding steroid dienone is 3. The molecule has 1 aromatic carbocycles. The minimum Gasteiger partial charge on any atom is -0.262 e. The molecule has 20 heavy (non-hydrogen) atoms. The topological polar surface area (TPSA) is 24.7 Å². The van der Waals surface area contributed by atoms with Crippen LogP contribution in [0, 0.1) is 5.82 Å². The summed E-state index contributed by atoms with van der Waals surface area (Å²) in [7, 11) is 0. The number of hydrogen-bond donors (Lipinski definition) is 0. The highest BCUT2D eigenvalue weighted by atomic mass is 32.2. The maximum absolute atomic E-state index is 13.0. The number of thioether (sulfide) groups is 1. The van der Waals surface area contributed by atoms with E-state index in [1.807, 2.05) is 30.6 Å². The van der Waals surface area contributed by atoms with Crippen LogP contribution < -0.4 is 0 Å². The summed E-state index contributed by atoms with van der Waals surface area (Å²) in [6, 6.07) is 6.38. The Morgan fingerprint density at radius 1 is 1.40 bits per heavy atom. The van der Waals surface area contributed by atoms with Crippen molar-refractivity contribution in [2.45, 2.75) is 6.92 Å². The van der Waals surface area contributed by atoms with E-state index in [9.17, 15) is 4.39 Å². The lowest BCUT2D eigenvalue weighted by atomic mass is 10.1. The normalized spacial score (nSPS) is 16.0. The molecule has 0 saturated heterocycles. The van der Waals surface area contributed by atoms with Gasteiger partial charge < -0.3 is 0 Å². The van der Waals surface area contributed by atoms with Crippen LogP contribution in [0.2, 0.25) is 0 Å². The Kier molecular flexibility index (Phi) is 5.07. The first-order valence-corrected chi connectivity index (χ1v) is 7.25. The Labute approximate surface area is 122 Å². The van der Waals surface area contributed by atoms with Gasteiger partial charge in [0.05, 0.1) is 17.1 Å². The molecule has 0 aliphatic carbocycles. The Balaban J connectivity index is 2.31. The SMILES string of the molecule is C=NC(=CC=CC)C1=CSCC(c2ccc(F)cc2)=N1. The van der Waals surface area contributed by atoms with Crippen LogP contribution >= 0.6 is 11.8 Å². The molecule has 0 radical (unpaired) electrons. The smallest absolute Gasteiger partial charge is 0.123 e. The zero-order valence-electron chi connectivity index (χ0n) is 11.2. The molecule has 0 unspecified atom stereocenters. The van der Waals surface area contributed by atoms with Gasteiger partial charge >= 0.3 is 0 Å². The van der Waals surface area contributed by atoms with Crippen LogP contribution in [0.25, 0.3) is 0 Å². The van der Waals surface area contributed by atoms with Gasteiger partial charge in [-0.2, -0.15) is 0 Å². The molecule has 102 valence electrons. The average molecular weight is 286 g/mol. The van der Waals surface area contributed by atoms with Crippen LogP contribution in [0.3, 0.4) is 0 Å². The van der Waals surface area contributed by atoms with Crippen molar-refractivity contribution in [3.05, 3.63) is 70.7 Å². The van der Waals surface area contributed by atoms with Crippen LogP contribution in [0.1, 0.15) is 12.5 Å². The molecule has 4 heteroatoms. The lowest BCUT2D eigenvalue weighted by Crippen LogP contribution is -2.08. The van der Waals surface area contributed by atoms with Crippen LogP contribution in [0.4, 0.5) is 4.39 Å². The maximum Gasteiger partial charge on any atom is 0.123 e. The van der Waals surface area contributed by atoms with Crippen molar-refractivity contribution in [1.82, 2.24) is 0 Å². The Morgan fingerprint density at radius 3 is 2.80 bits per heavy atom. The van der Waals surface area contributed by atoms with Crippen molar-refractivity contribution < 1.29 is 4.39 Å². The average Bonchev–Trinajstić information content (AvgIpc) is 2.49. The lowest BCUT2D eigenvalue weighted by Gasteiger charge is -2.13. The molecule has 1 aliphatic heterocycles. The van der Waals surface area contributed by atoms with Gasteiger partial charge in [0.25, 0.3) is 0 Å². The first-order chi connectivity index (χ1) is 9.74. The first-order valence-electron chi connectivity index (χ1n) is 6.20. The number of nitrogens with zero attached hydrogens (tertiary/aromatic N) is 2. The number of benzene rings is 1. The fourth-order valence-corrected chi connectivity index (χ4v) is 2.52. The van der Waals surface area contributed by atoms with Crippen molar-refractivity contribution in [1.29, 1.82) is 0 Å². The largest absolute Gasteiger partial charge is 0.262 e. The number of rotatable bonds is 4. The summed E-state index contributed by atoms with van der Waals surface area (Å²) in [6.45, 7) is 5.52. The molecule has 0 fully saturated rings. The molecule has 2 nitrogen and oxygen atoms in total. The Bertz CT molecular complexity index is 610. The monoisotopic (exact) mass is 286 g/mol. The molecule has 0 aromatic heterocycles. The number of hydrogen-bond acceptors (Lipinski definition) is 3. The van der Waals surface area contributed by atoms with E-state index in [-0.39, 0.29) is 5.82 Å². The van der Waals surface area contributed by atoms with E-state index in [0.717, 1.165) is 28.4 Å². The zero-order valence-corrected chi connectivity index (χ0v) is 12.0. The Morgan fingerprint density at radius 2 is 2.15 bits per heavy atom. The summed E-state index contributed by atoms with van der Waals surface area (Å²) >= 11 is 1.65. The molecule has 1 aromatic rings. The van der Waals surface area contributed by atoms with E-state index < -0.39 is 0 Å². The lowest BCUT2D eigenvalue weighted by molar-refractivity contribution is 0.628. The highest BCUT2D eigenvalue weighted by Crippen LogP contribution is 2.25. The van der Waals surface area contributed by atoms with Gasteiger partial charge in [0.2, 0.25) is 0 Å². The standard InChI is InChI=1S/C16H15FN2S/c1-3-4-5-14(18-2)16-11-20-10-15(19-16)12-6-8-13(17)9-7-12/h3-9,11H,2,10H2,1H3. The fraction of sp³-hybridized carbons (Fsp3) is 0.125.